The lowest BCUT2D eigenvalue weighted by Gasteiger charge is -2.21. The van der Waals surface area contributed by atoms with Crippen molar-refractivity contribution in [1.29, 1.82) is 0 Å². The maximum atomic E-state index is 15.3. The summed E-state index contributed by atoms with van der Waals surface area (Å²) in [7, 11) is 1.77. The van der Waals surface area contributed by atoms with Crippen LogP contribution in [0.4, 0.5) is 15.9 Å². The summed E-state index contributed by atoms with van der Waals surface area (Å²) >= 11 is 6.18. The van der Waals surface area contributed by atoms with Gasteiger partial charge in [0.05, 0.1) is 16.8 Å². The molecule has 0 saturated heterocycles. The number of nitrogens with zero attached hydrogens (tertiary/aromatic N) is 5. The maximum absolute atomic E-state index is 15.3. The first-order chi connectivity index (χ1) is 13.8. The van der Waals surface area contributed by atoms with Gasteiger partial charge in [-0.1, -0.05) is 30.0 Å². The molecule has 0 amide bonds. The van der Waals surface area contributed by atoms with Crippen LogP contribution >= 0.6 is 11.6 Å². The van der Waals surface area contributed by atoms with Gasteiger partial charge in [0.2, 0.25) is 5.28 Å². The third-order valence-electron chi connectivity index (χ3n) is 4.43. The summed E-state index contributed by atoms with van der Waals surface area (Å²) in [5.74, 6) is 6.54. The number of para-hydroxylation sites is 1. The Morgan fingerprint density at radius 2 is 1.83 bits per heavy atom. The van der Waals surface area contributed by atoms with Gasteiger partial charge in [0, 0.05) is 17.8 Å². The summed E-state index contributed by atoms with van der Waals surface area (Å²) in [5.41, 5.74) is 1.29. The Hall–Kier alpha value is -3.17. The number of benzene rings is 2. The lowest BCUT2D eigenvalue weighted by Crippen LogP contribution is -2.15. The van der Waals surface area contributed by atoms with Crippen molar-refractivity contribution in [3.05, 3.63) is 59.1 Å². The molecule has 0 aliphatic rings. The molecule has 146 valence electrons. The first-order valence-corrected chi connectivity index (χ1v) is 9.49. The van der Waals surface area contributed by atoms with E-state index >= 15 is 4.39 Å². The van der Waals surface area contributed by atoms with Crippen molar-refractivity contribution in [3.8, 4) is 11.8 Å². The minimum Gasteiger partial charge on any atom is -0.326 e. The number of fused-ring (bicyclic) bond motifs is 3. The van der Waals surface area contributed by atoms with Gasteiger partial charge in [-0.05, 0) is 56.6 Å². The maximum Gasteiger partial charge on any atom is 0.258 e. The van der Waals surface area contributed by atoms with Crippen LogP contribution in [0.1, 0.15) is 26.3 Å². The van der Waals surface area contributed by atoms with E-state index in [2.05, 4.69) is 27.0 Å². The van der Waals surface area contributed by atoms with Gasteiger partial charge in [0.15, 0.2) is 5.82 Å². The number of hydrogen-bond donors (Lipinski definition) is 0. The minimum atomic E-state index is -0.392. The van der Waals surface area contributed by atoms with E-state index in [9.17, 15) is 0 Å². The van der Waals surface area contributed by atoms with Crippen LogP contribution in [-0.4, -0.2) is 26.6 Å². The van der Waals surface area contributed by atoms with Crippen molar-refractivity contribution in [2.24, 2.45) is 5.41 Å². The molecule has 2 aromatic heterocycles. The Bertz CT molecular complexity index is 1290. The molecule has 0 N–H and O–H groups in total. The van der Waals surface area contributed by atoms with E-state index in [-0.39, 0.29) is 10.7 Å². The molecule has 0 fully saturated rings. The summed E-state index contributed by atoms with van der Waals surface area (Å²) in [4.78, 5) is 6.28. The van der Waals surface area contributed by atoms with Gasteiger partial charge in [-0.2, -0.15) is 4.98 Å². The largest absolute Gasteiger partial charge is 0.326 e. The molecule has 4 aromatic rings. The van der Waals surface area contributed by atoms with Gasteiger partial charge < -0.3 is 4.90 Å². The molecule has 0 unspecified atom stereocenters. The molecule has 4 rings (SSSR count). The van der Waals surface area contributed by atoms with E-state index < -0.39 is 5.82 Å². The zero-order chi connectivity index (χ0) is 20.8. The van der Waals surface area contributed by atoms with Gasteiger partial charge in [-0.25, -0.2) is 8.79 Å². The van der Waals surface area contributed by atoms with Crippen molar-refractivity contribution in [2.45, 2.75) is 20.8 Å². The molecular formula is C22H19ClFN5. The summed E-state index contributed by atoms with van der Waals surface area (Å²) in [6, 6.07) is 12.8. The molecule has 2 heterocycles. The molecule has 0 saturated carbocycles. The predicted molar refractivity (Wildman–Crippen MR) is 114 cm³/mol. The summed E-state index contributed by atoms with van der Waals surface area (Å²) in [5, 5.41) is 8.96. The molecule has 0 spiro atoms. The molecule has 0 radical (unpaired) electrons. The van der Waals surface area contributed by atoms with Gasteiger partial charge in [-0.15, -0.1) is 10.2 Å². The van der Waals surface area contributed by atoms with Crippen LogP contribution in [0.5, 0.6) is 0 Å². The minimum absolute atomic E-state index is 0.218. The Morgan fingerprint density at radius 1 is 1.07 bits per heavy atom. The highest BCUT2D eigenvalue weighted by Crippen LogP contribution is 2.33. The van der Waals surface area contributed by atoms with E-state index in [0.29, 0.717) is 22.8 Å². The highest BCUT2D eigenvalue weighted by molar-refractivity contribution is 6.29. The molecular weight excluding hydrogens is 389 g/mol. The summed E-state index contributed by atoms with van der Waals surface area (Å²) in [6.45, 7) is 5.97. The predicted octanol–water partition coefficient (Wildman–Crippen LogP) is 5.24. The lowest BCUT2D eigenvalue weighted by atomic mass is 9.97. The zero-order valence-corrected chi connectivity index (χ0v) is 17.3. The number of aromatic nitrogens is 4. The zero-order valence-electron chi connectivity index (χ0n) is 16.5. The van der Waals surface area contributed by atoms with Crippen molar-refractivity contribution in [1.82, 2.24) is 19.6 Å². The smallest absolute Gasteiger partial charge is 0.258 e. The molecule has 0 atom stereocenters. The third-order valence-corrected chi connectivity index (χ3v) is 4.67. The van der Waals surface area contributed by atoms with Crippen LogP contribution in [0, 0.1) is 23.1 Å². The Morgan fingerprint density at radius 3 is 2.59 bits per heavy atom. The Kier molecular flexibility index (Phi) is 4.64. The monoisotopic (exact) mass is 407 g/mol. The second-order valence-electron chi connectivity index (χ2n) is 7.75. The van der Waals surface area contributed by atoms with E-state index in [1.807, 2.05) is 45.0 Å². The van der Waals surface area contributed by atoms with Crippen LogP contribution in [0.15, 0.2) is 42.5 Å². The van der Waals surface area contributed by atoms with Gasteiger partial charge in [0.25, 0.3) is 5.78 Å². The summed E-state index contributed by atoms with van der Waals surface area (Å²) < 4.78 is 16.9. The van der Waals surface area contributed by atoms with Crippen molar-refractivity contribution in [3.63, 3.8) is 0 Å². The normalized spacial score (nSPS) is 11.5. The standard InChI is InChI=1S/C22H19ClFN5/c1-22(2,3)13-12-14-8-7-11-17(18(14)24)28(4)19-15-9-5-6-10-16(15)29-20(23)26-27-21(29)25-19/h5-11H,1-4H3. The molecule has 2 aromatic carbocycles. The molecule has 0 aliphatic carbocycles. The molecule has 5 nitrogen and oxygen atoms in total. The van der Waals surface area contributed by atoms with Crippen molar-refractivity contribution >= 4 is 39.8 Å². The van der Waals surface area contributed by atoms with E-state index in [0.717, 1.165) is 10.9 Å². The van der Waals surface area contributed by atoms with Crippen LogP contribution in [0.25, 0.3) is 16.7 Å². The second-order valence-corrected chi connectivity index (χ2v) is 8.09. The van der Waals surface area contributed by atoms with E-state index in [4.69, 9.17) is 11.6 Å². The number of hydrogen-bond acceptors (Lipinski definition) is 4. The van der Waals surface area contributed by atoms with Crippen LogP contribution < -0.4 is 4.90 Å². The average molecular weight is 408 g/mol. The Labute approximate surface area is 173 Å². The van der Waals surface area contributed by atoms with Gasteiger partial charge in [-0.3, -0.25) is 0 Å². The molecule has 29 heavy (non-hydrogen) atoms. The van der Waals surface area contributed by atoms with Crippen LogP contribution in [0.3, 0.4) is 0 Å². The van der Waals surface area contributed by atoms with Gasteiger partial charge in [0.1, 0.15) is 5.82 Å². The fourth-order valence-corrected chi connectivity index (χ4v) is 3.25. The third kappa shape index (κ3) is 3.50. The first-order valence-electron chi connectivity index (χ1n) is 9.11. The number of anilines is 2. The Balaban J connectivity index is 1.90. The van der Waals surface area contributed by atoms with Crippen molar-refractivity contribution < 1.29 is 4.39 Å². The lowest BCUT2D eigenvalue weighted by molar-refractivity contribution is 0.570. The number of rotatable bonds is 2. The van der Waals surface area contributed by atoms with Crippen LogP contribution in [-0.2, 0) is 0 Å². The first kappa shape index (κ1) is 19.2. The van der Waals surface area contributed by atoms with E-state index in [1.54, 1.807) is 34.5 Å². The van der Waals surface area contributed by atoms with E-state index in [1.165, 1.54) is 0 Å². The highest BCUT2D eigenvalue weighted by atomic mass is 35.5. The van der Waals surface area contributed by atoms with Gasteiger partial charge >= 0.3 is 0 Å². The molecule has 0 aliphatic heterocycles. The fourth-order valence-electron chi connectivity index (χ4n) is 3.05. The molecule has 0 bridgehead atoms. The quantitative estimate of drug-likeness (QED) is 0.426. The number of halogens is 2. The molecule has 7 heteroatoms. The summed E-state index contributed by atoms with van der Waals surface area (Å²) in [6.07, 6.45) is 0. The van der Waals surface area contributed by atoms with Crippen LogP contribution in [0.2, 0.25) is 5.28 Å². The average Bonchev–Trinajstić information content (AvgIpc) is 3.06. The highest BCUT2D eigenvalue weighted by Gasteiger charge is 2.19. The fraction of sp³-hybridized carbons (Fsp3) is 0.227. The second kappa shape index (κ2) is 7.02. The SMILES string of the molecule is CN(c1cccc(C#CC(C)(C)C)c1F)c1nc2nnc(Cl)n2c2ccccc12. The van der Waals surface area contributed by atoms with Crippen molar-refractivity contribution in [2.75, 3.05) is 11.9 Å². The topological polar surface area (TPSA) is 46.3 Å².